The molecule has 0 spiro atoms. The van der Waals surface area contributed by atoms with E-state index in [0.717, 1.165) is 21.8 Å². The molecular formula is C23H19N3O3S. The maximum atomic E-state index is 12.7. The van der Waals surface area contributed by atoms with Gasteiger partial charge < -0.3 is 15.1 Å². The predicted octanol–water partition coefficient (Wildman–Crippen LogP) is 5.52. The number of thiazole rings is 1. The van der Waals surface area contributed by atoms with Crippen LogP contribution in [0, 0.1) is 13.8 Å². The van der Waals surface area contributed by atoms with Crippen LogP contribution in [0.3, 0.4) is 0 Å². The molecule has 2 heterocycles. The number of carbonyl (C=O) groups is 2. The van der Waals surface area contributed by atoms with Gasteiger partial charge in [-0.05, 0) is 55.8 Å². The molecule has 0 saturated heterocycles. The lowest BCUT2D eigenvalue weighted by molar-refractivity contribution is 0.0993. The summed E-state index contributed by atoms with van der Waals surface area (Å²) in [5, 5.41) is 8.68. The third-order valence-corrected chi connectivity index (χ3v) is 5.32. The van der Waals surface area contributed by atoms with Gasteiger partial charge in [0.05, 0.1) is 17.0 Å². The molecule has 30 heavy (non-hydrogen) atoms. The molecule has 0 unspecified atom stereocenters. The Balaban J connectivity index is 1.47. The van der Waals surface area contributed by atoms with Crippen LogP contribution in [0.25, 0.3) is 11.3 Å². The minimum Gasteiger partial charge on any atom is -0.459 e. The van der Waals surface area contributed by atoms with Crippen molar-refractivity contribution in [2.75, 3.05) is 10.6 Å². The quantitative estimate of drug-likeness (QED) is 0.447. The normalized spacial score (nSPS) is 10.6. The minimum absolute atomic E-state index is 0.208. The van der Waals surface area contributed by atoms with Crippen LogP contribution in [-0.4, -0.2) is 16.8 Å². The van der Waals surface area contributed by atoms with E-state index < -0.39 is 0 Å². The van der Waals surface area contributed by atoms with Gasteiger partial charge in [-0.3, -0.25) is 9.59 Å². The maximum absolute atomic E-state index is 12.7. The van der Waals surface area contributed by atoms with Crippen molar-refractivity contribution in [2.24, 2.45) is 0 Å². The average Bonchev–Trinajstić information content (AvgIpc) is 3.42. The highest BCUT2D eigenvalue weighted by Crippen LogP contribution is 2.24. The summed E-state index contributed by atoms with van der Waals surface area (Å²) in [6.07, 6.45) is 1.44. The second-order valence-electron chi connectivity index (χ2n) is 6.74. The van der Waals surface area contributed by atoms with E-state index in [9.17, 15) is 9.59 Å². The molecular weight excluding hydrogens is 398 g/mol. The van der Waals surface area contributed by atoms with E-state index in [1.165, 1.54) is 6.26 Å². The fraction of sp³-hybridized carbons (Fsp3) is 0.0870. The second-order valence-corrected chi connectivity index (χ2v) is 7.81. The highest BCUT2D eigenvalue weighted by Gasteiger charge is 2.13. The fourth-order valence-electron chi connectivity index (χ4n) is 2.91. The lowest BCUT2D eigenvalue weighted by Gasteiger charge is -2.11. The van der Waals surface area contributed by atoms with E-state index in [0.29, 0.717) is 16.9 Å². The molecule has 0 aliphatic carbocycles. The molecule has 2 aromatic heterocycles. The van der Waals surface area contributed by atoms with E-state index in [1.807, 2.05) is 43.5 Å². The molecule has 4 rings (SSSR count). The van der Waals surface area contributed by atoms with Crippen molar-refractivity contribution in [3.05, 3.63) is 88.1 Å². The average molecular weight is 417 g/mol. The van der Waals surface area contributed by atoms with Gasteiger partial charge in [0.15, 0.2) is 5.76 Å². The highest BCUT2D eigenvalue weighted by molar-refractivity contribution is 7.09. The van der Waals surface area contributed by atoms with Crippen LogP contribution < -0.4 is 10.6 Å². The number of carbonyl (C=O) groups excluding carboxylic acids is 2. The molecule has 7 heteroatoms. The Labute approximate surface area is 177 Å². The van der Waals surface area contributed by atoms with Crippen molar-refractivity contribution in [3.63, 3.8) is 0 Å². The zero-order valence-corrected chi connectivity index (χ0v) is 17.2. The molecule has 2 amide bonds. The van der Waals surface area contributed by atoms with Crippen molar-refractivity contribution in [2.45, 2.75) is 13.8 Å². The molecule has 150 valence electrons. The molecule has 0 fully saturated rings. The SMILES string of the molecule is Cc1nc(-c2ccc(NC(=O)c3ccc(C)c(NC(=O)c4ccco4)c3)cc2)cs1. The van der Waals surface area contributed by atoms with Crippen molar-refractivity contribution in [1.29, 1.82) is 0 Å². The van der Waals surface area contributed by atoms with Gasteiger partial charge in [0.2, 0.25) is 0 Å². The van der Waals surface area contributed by atoms with Gasteiger partial charge in [-0.15, -0.1) is 11.3 Å². The van der Waals surface area contributed by atoms with Gasteiger partial charge in [0.25, 0.3) is 11.8 Å². The molecule has 4 aromatic rings. The number of amides is 2. The van der Waals surface area contributed by atoms with Crippen LogP contribution in [0.15, 0.2) is 70.7 Å². The third kappa shape index (κ3) is 4.31. The van der Waals surface area contributed by atoms with Crippen LogP contribution >= 0.6 is 11.3 Å². The first-order valence-electron chi connectivity index (χ1n) is 9.29. The number of furan rings is 1. The zero-order chi connectivity index (χ0) is 21.1. The largest absolute Gasteiger partial charge is 0.459 e. The van der Waals surface area contributed by atoms with Gasteiger partial charge in [-0.25, -0.2) is 4.98 Å². The van der Waals surface area contributed by atoms with Gasteiger partial charge in [-0.1, -0.05) is 18.2 Å². The van der Waals surface area contributed by atoms with Crippen molar-refractivity contribution >= 4 is 34.5 Å². The fourth-order valence-corrected chi connectivity index (χ4v) is 3.54. The van der Waals surface area contributed by atoms with Gasteiger partial charge in [0, 0.05) is 27.9 Å². The lowest BCUT2D eigenvalue weighted by Crippen LogP contribution is -2.15. The number of nitrogens with one attached hydrogen (secondary N) is 2. The molecule has 0 radical (unpaired) electrons. The van der Waals surface area contributed by atoms with Gasteiger partial charge in [-0.2, -0.15) is 0 Å². The molecule has 6 nitrogen and oxygen atoms in total. The zero-order valence-electron chi connectivity index (χ0n) is 16.4. The first-order chi connectivity index (χ1) is 14.5. The molecule has 0 aliphatic heterocycles. The first kappa shape index (κ1) is 19.6. The number of rotatable bonds is 5. The molecule has 2 N–H and O–H groups in total. The highest BCUT2D eigenvalue weighted by atomic mass is 32.1. The molecule has 2 aromatic carbocycles. The standard InChI is InChI=1S/C23H19N3O3S/c1-14-5-6-17(12-19(14)26-23(28)21-4-3-11-29-21)22(27)25-18-9-7-16(8-10-18)20-13-30-15(2)24-20/h3-13H,1-2H3,(H,25,27)(H,26,28). The van der Waals surface area contributed by atoms with Crippen LogP contribution in [0.4, 0.5) is 11.4 Å². The van der Waals surface area contributed by atoms with E-state index >= 15 is 0 Å². The van der Waals surface area contributed by atoms with Crippen molar-refractivity contribution in [1.82, 2.24) is 4.98 Å². The van der Waals surface area contributed by atoms with E-state index in [2.05, 4.69) is 15.6 Å². The topological polar surface area (TPSA) is 84.2 Å². The summed E-state index contributed by atoms with van der Waals surface area (Å²) >= 11 is 1.60. The first-order valence-corrected chi connectivity index (χ1v) is 10.2. The maximum Gasteiger partial charge on any atom is 0.291 e. The van der Waals surface area contributed by atoms with Gasteiger partial charge >= 0.3 is 0 Å². The Morgan fingerprint density at radius 2 is 1.77 bits per heavy atom. The third-order valence-electron chi connectivity index (χ3n) is 4.55. The number of hydrogen-bond donors (Lipinski definition) is 2. The summed E-state index contributed by atoms with van der Waals surface area (Å²) in [6, 6.07) is 15.9. The van der Waals surface area contributed by atoms with Crippen molar-refractivity contribution in [3.8, 4) is 11.3 Å². The second kappa shape index (κ2) is 8.34. The summed E-state index contributed by atoms with van der Waals surface area (Å²) in [5.74, 6) is -0.422. The summed E-state index contributed by atoms with van der Waals surface area (Å²) in [4.78, 5) is 29.4. The monoisotopic (exact) mass is 417 g/mol. The smallest absolute Gasteiger partial charge is 0.291 e. The summed E-state index contributed by atoms with van der Waals surface area (Å²) < 4.78 is 5.11. The number of benzene rings is 2. The minimum atomic E-state index is -0.367. The van der Waals surface area contributed by atoms with Crippen molar-refractivity contribution < 1.29 is 14.0 Å². The van der Waals surface area contributed by atoms with E-state index in [-0.39, 0.29) is 17.6 Å². The Bertz CT molecular complexity index is 1190. The van der Waals surface area contributed by atoms with Crippen LogP contribution in [0.5, 0.6) is 0 Å². The summed E-state index contributed by atoms with van der Waals surface area (Å²) in [6.45, 7) is 3.83. The Morgan fingerprint density at radius 1 is 0.967 bits per heavy atom. The van der Waals surface area contributed by atoms with Gasteiger partial charge in [0.1, 0.15) is 0 Å². The summed E-state index contributed by atoms with van der Waals surface area (Å²) in [7, 11) is 0. The molecule has 0 saturated carbocycles. The Kier molecular flexibility index (Phi) is 5.45. The molecule has 0 aliphatic rings. The molecule has 0 atom stereocenters. The lowest BCUT2D eigenvalue weighted by atomic mass is 10.1. The number of aromatic nitrogens is 1. The Morgan fingerprint density at radius 3 is 2.43 bits per heavy atom. The van der Waals surface area contributed by atoms with Crippen LogP contribution in [0.1, 0.15) is 31.5 Å². The number of hydrogen-bond acceptors (Lipinski definition) is 5. The van der Waals surface area contributed by atoms with Crippen LogP contribution in [-0.2, 0) is 0 Å². The van der Waals surface area contributed by atoms with E-state index in [4.69, 9.17) is 4.42 Å². The van der Waals surface area contributed by atoms with E-state index in [1.54, 1.807) is 41.7 Å². The van der Waals surface area contributed by atoms with Crippen LogP contribution in [0.2, 0.25) is 0 Å². The Hall–Kier alpha value is -3.71. The summed E-state index contributed by atoms with van der Waals surface area (Å²) in [5.41, 5.74) is 4.43. The number of aryl methyl sites for hydroxylation is 2. The predicted molar refractivity (Wildman–Crippen MR) is 118 cm³/mol. The number of nitrogens with zero attached hydrogens (tertiary/aromatic N) is 1. The number of anilines is 2. The molecule has 0 bridgehead atoms.